The van der Waals surface area contributed by atoms with Crippen molar-refractivity contribution in [1.29, 1.82) is 0 Å². The van der Waals surface area contributed by atoms with Crippen LogP contribution in [0.25, 0.3) is 33.4 Å². The molecule has 0 unspecified atom stereocenters. The number of benzene rings is 4. The first kappa shape index (κ1) is 42.7. The monoisotopic (exact) mass is 759 g/mol. The number of nitrogens with one attached hydrogen (secondary N) is 1. The number of fused-ring (bicyclic) bond motifs is 2. The Bertz CT molecular complexity index is 1830. The van der Waals surface area contributed by atoms with E-state index >= 15 is 0 Å². The molecular weight excluding hydrogens is 704 g/mol. The van der Waals surface area contributed by atoms with Gasteiger partial charge in [0.25, 0.3) is 5.91 Å². The first-order valence-corrected chi connectivity index (χ1v) is 19.4. The largest absolute Gasteiger partial charge is 0.456 e. The lowest BCUT2D eigenvalue weighted by Gasteiger charge is -2.22. The van der Waals surface area contributed by atoms with Crippen molar-refractivity contribution < 1.29 is 18.7 Å². The predicted octanol–water partition coefficient (Wildman–Crippen LogP) is 8.75. The molecule has 3 N–H and O–H groups in total. The number of hydrogen-bond acceptors (Lipinski definition) is 6. The molecule has 5 rings (SSSR count). The summed E-state index contributed by atoms with van der Waals surface area (Å²) in [6, 6.07) is 27.4. The summed E-state index contributed by atoms with van der Waals surface area (Å²) in [7, 11) is 1.64. The van der Waals surface area contributed by atoms with Crippen molar-refractivity contribution in [2.75, 3.05) is 62.9 Å². The number of alkyl halides is 1. The van der Waals surface area contributed by atoms with Crippen LogP contribution < -0.4 is 25.9 Å². The minimum atomic E-state index is -0.0777. The summed E-state index contributed by atoms with van der Waals surface area (Å²) in [5, 5.41) is 4.94. The highest BCUT2D eigenvalue weighted by Crippen LogP contribution is 2.41. The van der Waals surface area contributed by atoms with Crippen molar-refractivity contribution in [2.24, 2.45) is 0 Å². The average Bonchev–Trinajstić information content (AvgIpc) is 3.18. The minimum Gasteiger partial charge on any atom is -0.456 e. The van der Waals surface area contributed by atoms with Gasteiger partial charge in [0.1, 0.15) is 24.4 Å². The number of anilines is 2. The highest BCUT2D eigenvalue weighted by Gasteiger charge is 2.20. The molecule has 0 saturated carbocycles. The van der Waals surface area contributed by atoms with Crippen LogP contribution in [0, 0.1) is 0 Å². The first-order chi connectivity index (χ1) is 24.9. The van der Waals surface area contributed by atoms with Gasteiger partial charge in [0.2, 0.25) is 5.36 Å². The minimum absolute atomic E-state index is 0.0777. The summed E-state index contributed by atoms with van der Waals surface area (Å²) in [4.78, 5) is 25.7. The van der Waals surface area contributed by atoms with Crippen LogP contribution in [0.3, 0.4) is 0 Å². The van der Waals surface area contributed by atoms with Gasteiger partial charge in [-0.15, -0.1) is 0 Å². The Hall–Kier alpha value is -4.47. The molecule has 0 bridgehead atoms. The number of rotatable bonds is 12. The van der Waals surface area contributed by atoms with Gasteiger partial charge in [0.15, 0.2) is 6.29 Å². The van der Waals surface area contributed by atoms with Crippen LogP contribution in [0.5, 0.6) is 0 Å². The van der Waals surface area contributed by atoms with E-state index in [1.54, 1.807) is 31.4 Å². The number of ether oxygens (including phenoxy) is 1. The van der Waals surface area contributed by atoms with Crippen LogP contribution in [0.15, 0.2) is 89.3 Å². The van der Waals surface area contributed by atoms with Gasteiger partial charge < -0.3 is 25.1 Å². The van der Waals surface area contributed by atoms with Gasteiger partial charge in [-0.3, -0.25) is 9.59 Å². The summed E-state index contributed by atoms with van der Waals surface area (Å²) in [6.45, 7) is 17.6. The fourth-order valence-corrected chi connectivity index (χ4v) is 5.71. The number of hydrogen-bond donors (Lipinski definition) is 2. The number of carbonyl (C=O) groups excluding carboxylic acids is 2. The van der Waals surface area contributed by atoms with E-state index in [1.807, 2.05) is 43.9 Å². The van der Waals surface area contributed by atoms with Gasteiger partial charge in [-0.1, -0.05) is 54.0 Å². The molecule has 3 aromatic rings. The highest BCUT2D eigenvalue weighted by molar-refractivity contribution is 9.08. The van der Waals surface area contributed by atoms with E-state index in [4.69, 9.17) is 14.9 Å². The quantitative estimate of drug-likeness (QED) is 0.0330. The Morgan fingerprint density at radius 1 is 0.902 bits per heavy atom. The summed E-state index contributed by atoms with van der Waals surface area (Å²) < 4.78 is 13.7. The van der Waals surface area contributed by atoms with Gasteiger partial charge in [-0.2, -0.15) is 0 Å². The standard InChI is InChI=1S/C28H31N2O2.C11H16N2O2.C2H6.CH3Br/c1-5-29(6-2)21-13-15-24-26(17-21)32-27-18-22(30(7-3)8-4)14-16-25(27)28(24)23-12-10-9-11-20(23)19-31;1-15-8-2-7-13-11(14)9-3-5-10(12)6-4-9;2*1-2/h9-19H,5-8H2,1-4H3;3-6H,2,7-8,12H2,1H3,(H,13,14);1-2H3;1H3/q+1;;;. The van der Waals surface area contributed by atoms with Crippen molar-refractivity contribution >= 4 is 50.5 Å². The Morgan fingerprint density at radius 3 is 2.18 bits per heavy atom. The van der Waals surface area contributed by atoms with E-state index in [9.17, 15) is 9.59 Å². The molecule has 1 aliphatic heterocycles. The molecule has 1 amide bonds. The van der Waals surface area contributed by atoms with Crippen LogP contribution in [-0.4, -0.2) is 64.5 Å². The average molecular weight is 761 g/mol. The van der Waals surface area contributed by atoms with E-state index in [1.165, 1.54) is 0 Å². The second kappa shape index (κ2) is 23.1. The van der Waals surface area contributed by atoms with E-state index in [2.05, 4.69) is 94.8 Å². The molecule has 0 radical (unpaired) electrons. The highest BCUT2D eigenvalue weighted by atomic mass is 79.9. The lowest BCUT2D eigenvalue weighted by Crippen LogP contribution is -2.29. The number of nitrogens with two attached hydrogens (primary N) is 1. The molecule has 1 aliphatic carbocycles. The van der Waals surface area contributed by atoms with Crippen molar-refractivity contribution in [3.8, 4) is 22.5 Å². The summed E-state index contributed by atoms with van der Waals surface area (Å²) in [5.74, 6) is 2.56. The fraction of sp³-hybridized carbons (Fsp3) is 0.357. The van der Waals surface area contributed by atoms with Crippen LogP contribution in [0.1, 0.15) is 68.7 Å². The Morgan fingerprint density at radius 2 is 1.57 bits per heavy atom. The number of carbonyl (C=O) groups is 2. The number of aldehydes is 1. The maximum atomic E-state index is 11.9. The van der Waals surface area contributed by atoms with Gasteiger partial charge in [0, 0.05) is 84.5 Å². The zero-order valence-corrected chi connectivity index (χ0v) is 33.2. The van der Waals surface area contributed by atoms with Crippen molar-refractivity contribution in [2.45, 2.75) is 48.0 Å². The number of nitrogens with zero attached hydrogens (tertiary/aromatic N) is 2. The van der Waals surface area contributed by atoms with Crippen molar-refractivity contribution in [1.82, 2.24) is 9.89 Å². The topological polar surface area (TPSA) is 101 Å². The smallest absolute Gasteiger partial charge is 0.251 e. The maximum Gasteiger partial charge on any atom is 0.251 e. The summed E-state index contributed by atoms with van der Waals surface area (Å²) in [5.41, 5.74) is 12.4. The SMILES string of the molecule is CBr.CC.CCN(CC)c1ccc2c(-c3ccccc3C=O)c3ccc(=[N+](CC)CC)cc-3oc2c1.COCCCNC(=O)c1ccc(N)cc1. The Labute approximate surface area is 312 Å². The van der Waals surface area contributed by atoms with E-state index in [-0.39, 0.29) is 5.91 Å². The number of halogens is 1. The zero-order chi connectivity index (χ0) is 37.8. The van der Waals surface area contributed by atoms with Crippen molar-refractivity contribution in [3.05, 3.63) is 101 Å². The molecule has 9 heteroatoms. The molecule has 3 aromatic carbocycles. The molecule has 0 atom stereocenters. The number of methoxy groups -OCH3 is 1. The molecule has 0 fully saturated rings. The van der Waals surface area contributed by atoms with Crippen molar-refractivity contribution in [3.63, 3.8) is 0 Å². The first-order valence-electron chi connectivity index (χ1n) is 17.8. The van der Waals surface area contributed by atoms with Gasteiger partial charge in [-0.05, 0) is 88.0 Å². The molecule has 8 nitrogen and oxygen atoms in total. The van der Waals surface area contributed by atoms with E-state index in [0.29, 0.717) is 30.0 Å². The predicted molar refractivity (Wildman–Crippen MR) is 219 cm³/mol. The number of nitrogen functional groups attached to an aromatic ring is 1. The van der Waals surface area contributed by atoms with E-state index in [0.717, 1.165) is 83.4 Å². The van der Waals surface area contributed by atoms with E-state index < -0.39 is 0 Å². The zero-order valence-electron chi connectivity index (χ0n) is 31.6. The molecule has 0 saturated heterocycles. The van der Waals surface area contributed by atoms with Crippen LogP contribution in [-0.2, 0) is 4.74 Å². The molecule has 51 heavy (non-hydrogen) atoms. The molecule has 274 valence electrons. The van der Waals surface area contributed by atoms with Crippen LogP contribution >= 0.6 is 15.9 Å². The third kappa shape index (κ3) is 11.5. The Balaban J connectivity index is 0.000000399. The fourth-order valence-electron chi connectivity index (χ4n) is 5.71. The van der Waals surface area contributed by atoms with Gasteiger partial charge in [-0.25, -0.2) is 4.58 Å². The molecule has 1 heterocycles. The Kier molecular flexibility index (Phi) is 19.3. The third-order valence-corrected chi connectivity index (χ3v) is 8.29. The second-order valence-corrected chi connectivity index (χ2v) is 11.1. The lowest BCUT2D eigenvalue weighted by atomic mass is 9.91. The van der Waals surface area contributed by atoms with Crippen LogP contribution in [0.2, 0.25) is 0 Å². The molecule has 0 aromatic heterocycles. The molecule has 2 aliphatic rings. The normalized spacial score (nSPS) is 10.1. The molecule has 0 spiro atoms. The van der Waals surface area contributed by atoms with Crippen LogP contribution in [0.4, 0.5) is 11.4 Å². The third-order valence-electron chi connectivity index (χ3n) is 8.29. The van der Waals surface area contributed by atoms with Gasteiger partial charge in [0.05, 0.1) is 6.07 Å². The van der Waals surface area contributed by atoms with Gasteiger partial charge >= 0.3 is 0 Å². The number of amides is 1. The lowest BCUT2D eigenvalue weighted by molar-refractivity contribution is 0.0948. The maximum absolute atomic E-state index is 11.9. The summed E-state index contributed by atoms with van der Waals surface area (Å²) >= 11 is 2.94. The second-order valence-electron chi connectivity index (χ2n) is 11.1. The molecular formula is C42H56BrN4O4+. The summed E-state index contributed by atoms with van der Waals surface area (Å²) in [6.07, 6.45) is 1.75.